The van der Waals surface area contributed by atoms with Gasteiger partial charge in [0.1, 0.15) is 11.9 Å². The van der Waals surface area contributed by atoms with Crippen LogP contribution in [0.3, 0.4) is 0 Å². The molecule has 1 heterocycles. The van der Waals surface area contributed by atoms with Crippen LogP contribution in [0.1, 0.15) is 58.0 Å². The van der Waals surface area contributed by atoms with Crippen LogP contribution in [0.15, 0.2) is 18.2 Å². The van der Waals surface area contributed by atoms with Gasteiger partial charge in [-0.3, -0.25) is 0 Å². The van der Waals surface area contributed by atoms with Crippen molar-refractivity contribution in [3.8, 4) is 0 Å². The SMILES string of the molecule is CC(O)c1nc2cc(N)ccc2n1C1CCC(C)C(C)C1. The molecule has 21 heavy (non-hydrogen) atoms. The highest BCUT2D eigenvalue weighted by atomic mass is 16.3. The lowest BCUT2D eigenvalue weighted by molar-refractivity contribution is 0.165. The summed E-state index contributed by atoms with van der Waals surface area (Å²) in [7, 11) is 0. The largest absolute Gasteiger partial charge is 0.399 e. The number of aromatic nitrogens is 2. The number of aliphatic hydroxyl groups is 1. The van der Waals surface area contributed by atoms with Gasteiger partial charge in [-0.1, -0.05) is 13.8 Å². The Labute approximate surface area is 126 Å². The summed E-state index contributed by atoms with van der Waals surface area (Å²) in [5.74, 6) is 2.25. The van der Waals surface area contributed by atoms with Crippen molar-refractivity contribution >= 4 is 16.7 Å². The van der Waals surface area contributed by atoms with Crippen LogP contribution in [0.25, 0.3) is 11.0 Å². The molecular weight excluding hydrogens is 262 g/mol. The lowest BCUT2D eigenvalue weighted by atomic mass is 9.79. The Balaban J connectivity index is 2.09. The summed E-state index contributed by atoms with van der Waals surface area (Å²) in [5.41, 5.74) is 8.56. The van der Waals surface area contributed by atoms with Crippen LogP contribution in [-0.2, 0) is 0 Å². The van der Waals surface area contributed by atoms with Crippen LogP contribution < -0.4 is 5.73 Å². The van der Waals surface area contributed by atoms with E-state index in [1.165, 1.54) is 6.42 Å². The predicted molar refractivity (Wildman–Crippen MR) is 86.0 cm³/mol. The summed E-state index contributed by atoms with van der Waals surface area (Å²) in [4.78, 5) is 4.63. The second-order valence-corrected chi connectivity index (χ2v) is 6.69. The Bertz CT molecular complexity index is 647. The molecule has 4 atom stereocenters. The maximum absolute atomic E-state index is 10.1. The molecule has 1 aliphatic carbocycles. The maximum Gasteiger partial charge on any atom is 0.138 e. The van der Waals surface area contributed by atoms with Gasteiger partial charge in [0.2, 0.25) is 0 Å². The van der Waals surface area contributed by atoms with Crippen molar-refractivity contribution in [2.24, 2.45) is 11.8 Å². The Hall–Kier alpha value is -1.55. The van der Waals surface area contributed by atoms with E-state index in [0.29, 0.717) is 12.0 Å². The number of nitrogen functional groups attached to an aromatic ring is 1. The van der Waals surface area contributed by atoms with E-state index in [0.717, 1.165) is 41.3 Å². The van der Waals surface area contributed by atoms with E-state index in [1.807, 2.05) is 18.2 Å². The molecular formula is C17H25N3O. The molecule has 3 N–H and O–H groups in total. The first kappa shape index (κ1) is 14.4. The van der Waals surface area contributed by atoms with Gasteiger partial charge in [-0.2, -0.15) is 0 Å². The van der Waals surface area contributed by atoms with Crippen LogP contribution in [-0.4, -0.2) is 14.7 Å². The monoisotopic (exact) mass is 287 g/mol. The number of fused-ring (bicyclic) bond motifs is 1. The fraction of sp³-hybridized carbons (Fsp3) is 0.588. The molecule has 0 radical (unpaired) electrons. The van der Waals surface area contributed by atoms with E-state index in [4.69, 9.17) is 5.73 Å². The van der Waals surface area contributed by atoms with Crippen LogP contribution in [0.5, 0.6) is 0 Å². The molecule has 3 rings (SSSR count). The van der Waals surface area contributed by atoms with Crippen LogP contribution in [0.2, 0.25) is 0 Å². The van der Waals surface area contributed by atoms with Gasteiger partial charge in [0.25, 0.3) is 0 Å². The van der Waals surface area contributed by atoms with E-state index in [-0.39, 0.29) is 0 Å². The third-order valence-electron chi connectivity index (χ3n) is 5.05. The first-order valence-corrected chi connectivity index (χ1v) is 7.92. The normalized spacial score (nSPS) is 27.9. The van der Waals surface area contributed by atoms with E-state index in [1.54, 1.807) is 6.92 Å². The molecule has 2 aromatic rings. The number of hydrogen-bond donors (Lipinski definition) is 2. The average molecular weight is 287 g/mol. The topological polar surface area (TPSA) is 64.1 Å². The fourth-order valence-corrected chi connectivity index (χ4v) is 3.57. The van der Waals surface area contributed by atoms with Gasteiger partial charge in [-0.05, 0) is 56.2 Å². The van der Waals surface area contributed by atoms with E-state index in [9.17, 15) is 5.11 Å². The lowest BCUT2D eigenvalue weighted by Gasteiger charge is -2.34. The van der Waals surface area contributed by atoms with Crippen molar-refractivity contribution in [2.45, 2.75) is 52.2 Å². The first-order chi connectivity index (χ1) is 9.97. The number of rotatable bonds is 2. The summed E-state index contributed by atoms with van der Waals surface area (Å²) in [5, 5.41) is 10.1. The van der Waals surface area contributed by atoms with Crippen molar-refractivity contribution in [1.82, 2.24) is 9.55 Å². The zero-order chi connectivity index (χ0) is 15.1. The minimum absolute atomic E-state index is 0.425. The maximum atomic E-state index is 10.1. The molecule has 0 aliphatic heterocycles. The Kier molecular flexibility index (Phi) is 3.66. The molecule has 0 saturated heterocycles. The minimum atomic E-state index is -0.562. The molecule has 4 nitrogen and oxygen atoms in total. The zero-order valence-corrected chi connectivity index (χ0v) is 13.1. The molecule has 1 saturated carbocycles. The van der Waals surface area contributed by atoms with Crippen molar-refractivity contribution in [1.29, 1.82) is 0 Å². The van der Waals surface area contributed by atoms with Crippen LogP contribution in [0.4, 0.5) is 5.69 Å². The number of aliphatic hydroxyl groups excluding tert-OH is 1. The number of nitrogens with two attached hydrogens (primary N) is 1. The van der Waals surface area contributed by atoms with E-state index >= 15 is 0 Å². The van der Waals surface area contributed by atoms with Crippen molar-refractivity contribution in [3.63, 3.8) is 0 Å². The fourth-order valence-electron chi connectivity index (χ4n) is 3.57. The molecule has 4 heteroatoms. The molecule has 0 amide bonds. The molecule has 0 bridgehead atoms. The summed E-state index contributed by atoms with van der Waals surface area (Å²) in [6.45, 7) is 6.45. The standard InChI is InChI=1S/C17H25N3O/c1-10-4-6-14(8-11(10)2)20-16-7-5-13(18)9-15(16)19-17(20)12(3)21/h5,7,9-12,14,21H,4,6,8,18H2,1-3H3. The van der Waals surface area contributed by atoms with Crippen LogP contribution >= 0.6 is 0 Å². The second-order valence-electron chi connectivity index (χ2n) is 6.69. The van der Waals surface area contributed by atoms with E-state index < -0.39 is 6.10 Å². The molecule has 1 fully saturated rings. The second kappa shape index (κ2) is 5.34. The Morgan fingerprint density at radius 2 is 2.05 bits per heavy atom. The summed E-state index contributed by atoms with van der Waals surface area (Å²) >= 11 is 0. The summed E-state index contributed by atoms with van der Waals surface area (Å²) < 4.78 is 2.25. The predicted octanol–water partition coefficient (Wildman–Crippen LogP) is 3.67. The summed E-state index contributed by atoms with van der Waals surface area (Å²) in [6, 6.07) is 6.27. The van der Waals surface area contributed by atoms with Gasteiger partial charge in [-0.15, -0.1) is 0 Å². The Morgan fingerprint density at radius 1 is 1.29 bits per heavy atom. The molecule has 0 spiro atoms. The lowest BCUT2D eigenvalue weighted by Crippen LogP contribution is -2.25. The molecule has 1 aromatic heterocycles. The van der Waals surface area contributed by atoms with Gasteiger partial charge in [0.15, 0.2) is 0 Å². The highest BCUT2D eigenvalue weighted by molar-refractivity contribution is 5.80. The van der Waals surface area contributed by atoms with Gasteiger partial charge in [-0.25, -0.2) is 4.98 Å². The first-order valence-electron chi connectivity index (χ1n) is 7.92. The molecule has 1 aromatic carbocycles. The number of anilines is 1. The third kappa shape index (κ3) is 2.53. The van der Waals surface area contributed by atoms with Crippen molar-refractivity contribution < 1.29 is 5.11 Å². The van der Waals surface area contributed by atoms with Crippen LogP contribution in [0, 0.1) is 11.8 Å². The number of benzene rings is 1. The van der Waals surface area contributed by atoms with Gasteiger partial charge >= 0.3 is 0 Å². The smallest absolute Gasteiger partial charge is 0.138 e. The zero-order valence-electron chi connectivity index (χ0n) is 13.1. The molecule has 1 aliphatic rings. The van der Waals surface area contributed by atoms with Gasteiger partial charge in [0, 0.05) is 11.7 Å². The Morgan fingerprint density at radius 3 is 2.71 bits per heavy atom. The number of hydrogen-bond acceptors (Lipinski definition) is 3. The van der Waals surface area contributed by atoms with E-state index in [2.05, 4.69) is 23.4 Å². The molecule has 4 unspecified atom stereocenters. The van der Waals surface area contributed by atoms with Gasteiger partial charge < -0.3 is 15.4 Å². The van der Waals surface area contributed by atoms with Crippen molar-refractivity contribution in [3.05, 3.63) is 24.0 Å². The highest BCUT2D eigenvalue weighted by Gasteiger charge is 2.29. The van der Waals surface area contributed by atoms with Crippen molar-refractivity contribution in [2.75, 3.05) is 5.73 Å². The number of imidazole rings is 1. The average Bonchev–Trinajstić information content (AvgIpc) is 2.80. The molecule has 114 valence electrons. The summed E-state index contributed by atoms with van der Waals surface area (Å²) in [6.07, 6.45) is 2.98. The highest BCUT2D eigenvalue weighted by Crippen LogP contribution is 2.39. The minimum Gasteiger partial charge on any atom is -0.399 e. The van der Waals surface area contributed by atoms with Gasteiger partial charge in [0.05, 0.1) is 11.0 Å². The quantitative estimate of drug-likeness (QED) is 0.828. The third-order valence-corrected chi connectivity index (χ3v) is 5.05. The number of nitrogens with zero attached hydrogens (tertiary/aromatic N) is 2.